The Bertz CT molecular complexity index is 575. The van der Waals surface area contributed by atoms with Gasteiger partial charge in [-0.05, 0) is 44.0 Å². The molecule has 0 fully saturated rings. The minimum Gasteiger partial charge on any atom is -0.282 e. The number of benzene rings is 1. The summed E-state index contributed by atoms with van der Waals surface area (Å²) in [7, 11) is -8.94. The van der Waals surface area contributed by atoms with E-state index in [1.165, 1.54) is 0 Å². The fraction of sp³-hybridized carbons (Fsp3) is 0. The van der Waals surface area contributed by atoms with Crippen LogP contribution in [0.15, 0.2) is 30.9 Å². The minimum atomic E-state index is -4.47. The fourth-order valence-electron chi connectivity index (χ4n) is 0.906. The first-order valence-corrected chi connectivity index (χ1v) is 7.94. The fourth-order valence-corrected chi connectivity index (χ4v) is 4.27. The standard InChI is InChI=1S/C6H4Br2O6S2/c7-3-1-5(15(9,10)11)4(8)2-6(3)16(12,13)14/h1-2H,(H,9,10,11)(H,12,13,14). The molecule has 0 saturated heterocycles. The average Bonchev–Trinajstić information content (AvgIpc) is 2.04. The normalized spacial score (nSPS) is 12.8. The maximum absolute atomic E-state index is 10.9. The molecule has 0 aliphatic rings. The van der Waals surface area contributed by atoms with E-state index in [9.17, 15) is 16.8 Å². The topological polar surface area (TPSA) is 109 Å². The molecule has 0 amide bonds. The van der Waals surface area contributed by atoms with Gasteiger partial charge in [0, 0.05) is 8.95 Å². The zero-order chi connectivity index (χ0) is 12.7. The van der Waals surface area contributed by atoms with Crippen molar-refractivity contribution in [2.24, 2.45) is 0 Å². The second kappa shape index (κ2) is 4.35. The van der Waals surface area contributed by atoms with Gasteiger partial charge in [-0.1, -0.05) is 0 Å². The summed E-state index contributed by atoms with van der Waals surface area (Å²) < 4.78 is 60.7. The van der Waals surface area contributed by atoms with Crippen LogP contribution in [0.1, 0.15) is 0 Å². The summed E-state index contributed by atoms with van der Waals surface area (Å²) >= 11 is 5.55. The molecule has 1 aromatic rings. The zero-order valence-electron chi connectivity index (χ0n) is 7.25. The largest absolute Gasteiger partial charge is 0.295 e. The van der Waals surface area contributed by atoms with E-state index in [4.69, 9.17) is 9.11 Å². The summed E-state index contributed by atoms with van der Waals surface area (Å²) in [5.74, 6) is 0. The van der Waals surface area contributed by atoms with Crippen molar-refractivity contribution < 1.29 is 25.9 Å². The lowest BCUT2D eigenvalue weighted by atomic mass is 10.4. The molecule has 1 aromatic carbocycles. The summed E-state index contributed by atoms with van der Waals surface area (Å²) in [5, 5.41) is 0. The van der Waals surface area contributed by atoms with E-state index < -0.39 is 30.0 Å². The summed E-state index contributed by atoms with van der Waals surface area (Å²) in [6.45, 7) is 0. The van der Waals surface area contributed by atoms with Crippen molar-refractivity contribution in [3.63, 3.8) is 0 Å². The highest BCUT2D eigenvalue weighted by molar-refractivity contribution is 9.11. The highest BCUT2D eigenvalue weighted by Gasteiger charge is 2.21. The van der Waals surface area contributed by atoms with Gasteiger partial charge in [0.2, 0.25) is 0 Å². The minimum absolute atomic E-state index is 0.175. The van der Waals surface area contributed by atoms with Crippen LogP contribution in [0, 0.1) is 0 Å². The third-order valence-electron chi connectivity index (χ3n) is 1.54. The van der Waals surface area contributed by atoms with Gasteiger partial charge < -0.3 is 0 Å². The molecule has 6 nitrogen and oxygen atoms in total. The van der Waals surface area contributed by atoms with Crippen LogP contribution in [0.5, 0.6) is 0 Å². The van der Waals surface area contributed by atoms with Gasteiger partial charge in [-0.3, -0.25) is 9.11 Å². The van der Waals surface area contributed by atoms with Gasteiger partial charge in [0.15, 0.2) is 0 Å². The van der Waals surface area contributed by atoms with Crippen LogP contribution in [-0.2, 0) is 20.2 Å². The van der Waals surface area contributed by atoms with Crippen LogP contribution >= 0.6 is 31.9 Å². The Morgan fingerprint density at radius 2 is 1.06 bits per heavy atom. The average molecular weight is 396 g/mol. The molecule has 16 heavy (non-hydrogen) atoms. The molecule has 1 rings (SSSR count). The smallest absolute Gasteiger partial charge is 0.282 e. The van der Waals surface area contributed by atoms with E-state index in [2.05, 4.69) is 31.9 Å². The summed E-state index contributed by atoms with van der Waals surface area (Å²) in [6.07, 6.45) is 0. The SMILES string of the molecule is O=S(=O)(O)c1cc(Br)c(S(=O)(=O)O)cc1Br. The molecule has 10 heteroatoms. The van der Waals surface area contributed by atoms with Crippen molar-refractivity contribution in [3.05, 3.63) is 21.1 Å². The number of halogens is 2. The summed E-state index contributed by atoms with van der Waals surface area (Å²) in [5.41, 5.74) is 0. The quantitative estimate of drug-likeness (QED) is 0.737. The first kappa shape index (κ1) is 14.1. The Morgan fingerprint density at radius 3 is 1.25 bits per heavy atom. The molecule has 0 spiro atoms. The molecule has 90 valence electrons. The molecule has 0 radical (unpaired) electrons. The Labute approximate surface area is 108 Å². The zero-order valence-corrected chi connectivity index (χ0v) is 12.1. The van der Waals surface area contributed by atoms with E-state index in [1.807, 2.05) is 0 Å². The van der Waals surface area contributed by atoms with Crippen molar-refractivity contribution in [2.45, 2.75) is 9.79 Å². The molecular formula is C6H4Br2O6S2. The van der Waals surface area contributed by atoms with Crippen LogP contribution in [0.4, 0.5) is 0 Å². The molecule has 0 atom stereocenters. The summed E-state index contributed by atoms with van der Waals surface area (Å²) in [4.78, 5) is -1.02. The van der Waals surface area contributed by atoms with E-state index in [0.29, 0.717) is 0 Å². The molecular weight excluding hydrogens is 392 g/mol. The predicted molar refractivity (Wildman–Crippen MR) is 61.5 cm³/mol. The number of rotatable bonds is 2. The second-order valence-corrected chi connectivity index (χ2v) is 7.15. The van der Waals surface area contributed by atoms with Crippen LogP contribution in [0.25, 0.3) is 0 Å². The first-order chi connectivity index (χ1) is 7.03. The highest BCUT2D eigenvalue weighted by Crippen LogP contribution is 2.31. The maximum atomic E-state index is 10.9. The Morgan fingerprint density at radius 1 is 0.812 bits per heavy atom. The lowest BCUT2D eigenvalue weighted by molar-refractivity contribution is 0.477. The van der Waals surface area contributed by atoms with Crippen molar-refractivity contribution in [1.82, 2.24) is 0 Å². The van der Waals surface area contributed by atoms with Crippen LogP contribution in [-0.4, -0.2) is 25.9 Å². The summed E-state index contributed by atoms with van der Waals surface area (Å²) in [6, 6.07) is 1.73. The predicted octanol–water partition coefficient (Wildman–Crippen LogP) is 1.71. The van der Waals surface area contributed by atoms with Crippen molar-refractivity contribution >= 4 is 52.1 Å². The lowest BCUT2D eigenvalue weighted by Crippen LogP contribution is -2.04. The van der Waals surface area contributed by atoms with Gasteiger partial charge in [-0.2, -0.15) is 16.8 Å². The Balaban J connectivity index is 3.65. The van der Waals surface area contributed by atoms with Gasteiger partial charge in [0.25, 0.3) is 20.2 Å². The number of hydrogen-bond acceptors (Lipinski definition) is 4. The van der Waals surface area contributed by atoms with Gasteiger partial charge in [-0.25, -0.2) is 0 Å². The van der Waals surface area contributed by atoms with Gasteiger partial charge in [0.1, 0.15) is 9.79 Å². The van der Waals surface area contributed by atoms with Gasteiger partial charge >= 0.3 is 0 Å². The van der Waals surface area contributed by atoms with Crippen molar-refractivity contribution in [2.75, 3.05) is 0 Å². The molecule has 0 unspecified atom stereocenters. The van der Waals surface area contributed by atoms with Crippen LogP contribution in [0.2, 0.25) is 0 Å². The molecule has 0 bridgehead atoms. The van der Waals surface area contributed by atoms with E-state index in [1.54, 1.807) is 0 Å². The molecule has 0 aliphatic carbocycles. The van der Waals surface area contributed by atoms with Gasteiger partial charge in [-0.15, -0.1) is 0 Å². The highest BCUT2D eigenvalue weighted by atomic mass is 79.9. The molecule has 0 heterocycles. The Kier molecular flexibility index (Phi) is 3.82. The molecule has 0 aliphatic heterocycles. The molecule has 2 N–H and O–H groups in total. The van der Waals surface area contributed by atoms with Gasteiger partial charge in [0.05, 0.1) is 0 Å². The van der Waals surface area contributed by atoms with E-state index in [0.717, 1.165) is 12.1 Å². The lowest BCUT2D eigenvalue weighted by Gasteiger charge is -2.05. The Hall–Kier alpha value is -0.000000000000000222. The maximum Gasteiger partial charge on any atom is 0.295 e. The number of hydrogen-bond donors (Lipinski definition) is 2. The second-order valence-electron chi connectivity index (χ2n) is 2.66. The third kappa shape index (κ3) is 3.02. The first-order valence-electron chi connectivity index (χ1n) is 3.47. The van der Waals surface area contributed by atoms with Crippen molar-refractivity contribution in [1.29, 1.82) is 0 Å². The van der Waals surface area contributed by atoms with E-state index in [-0.39, 0.29) is 8.95 Å². The van der Waals surface area contributed by atoms with Crippen LogP contribution < -0.4 is 0 Å². The molecule has 0 aromatic heterocycles. The third-order valence-corrected chi connectivity index (χ3v) is 5.17. The monoisotopic (exact) mass is 394 g/mol. The molecule has 0 saturated carbocycles. The van der Waals surface area contributed by atoms with Crippen molar-refractivity contribution in [3.8, 4) is 0 Å². The van der Waals surface area contributed by atoms with E-state index >= 15 is 0 Å². The van der Waals surface area contributed by atoms with Crippen LogP contribution in [0.3, 0.4) is 0 Å².